The molecule has 1 aliphatic rings. The zero-order valence-corrected chi connectivity index (χ0v) is 9.44. The lowest BCUT2D eigenvalue weighted by Crippen LogP contribution is -2.43. The van der Waals surface area contributed by atoms with Crippen LogP contribution >= 0.6 is 0 Å². The molecule has 4 nitrogen and oxygen atoms in total. The summed E-state index contributed by atoms with van der Waals surface area (Å²) < 4.78 is 0. The van der Waals surface area contributed by atoms with Gasteiger partial charge in [-0.05, 0) is 25.0 Å². The Balaban J connectivity index is 2.07. The molecule has 0 unspecified atom stereocenters. The molecule has 17 heavy (non-hydrogen) atoms. The van der Waals surface area contributed by atoms with E-state index in [2.05, 4.69) is 11.4 Å². The maximum atomic E-state index is 11.2. The van der Waals surface area contributed by atoms with Crippen LogP contribution in [0.15, 0.2) is 24.3 Å². The van der Waals surface area contributed by atoms with Crippen LogP contribution in [-0.2, 0) is 4.79 Å². The third kappa shape index (κ3) is 2.09. The summed E-state index contributed by atoms with van der Waals surface area (Å²) in [6, 6.07) is 9.23. The SMILES string of the molecule is N#Cc1ccccc1NCC1(C(=O)O)CCC1. The second-order valence-corrected chi connectivity index (χ2v) is 4.45. The number of aliphatic carboxylic acids is 1. The second kappa shape index (κ2) is 4.46. The number of carboxylic acid groups (broad SMARTS) is 1. The van der Waals surface area contributed by atoms with E-state index in [-0.39, 0.29) is 0 Å². The number of rotatable bonds is 4. The van der Waals surface area contributed by atoms with Gasteiger partial charge in [-0.3, -0.25) is 4.79 Å². The molecule has 0 radical (unpaired) electrons. The third-order valence-corrected chi connectivity index (χ3v) is 3.43. The molecular weight excluding hydrogens is 216 g/mol. The Bertz CT molecular complexity index is 473. The fourth-order valence-corrected chi connectivity index (χ4v) is 2.07. The van der Waals surface area contributed by atoms with Crippen molar-refractivity contribution < 1.29 is 9.90 Å². The second-order valence-electron chi connectivity index (χ2n) is 4.45. The van der Waals surface area contributed by atoms with Crippen molar-refractivity contribution in [2.75, 3.05) is 11.9 Å². The van der Waals surface area contributed by atoms with E-state index in [9.17, 15) is 9.90 Å². The van der Waals surface area contributed by atoms with E-state index in [1.54, 1.807) is 18.2 Å². The van der Waals surface area contributed by atoms with Crippen LogP contribution in [0.25, 0.3) is 0 Å². The molecule has 1 saturated carbocycles. The average molecular weight is 230 g/mol. The molecular formula is C13H14N2O2. The van der Waals surface area contributed by atoms with Gasteiger partial charge in [0.2, 0.25) is 0 Å². The first-order valence-electron chi connectivity index (χ1n) is 5.64. The standard InChI is InChI=1S/C13H14N2O2/c14-8-10-4-1-2-5-11(10)15-9-13(12(16)17)6-3-7-13/h1-2,4-5,15H,3,6-7,9H2,(H,16,17). The van der Waals surface area contributed by atoms with Gasteiger partial charge in [-0.15, -0.1) is 0 Å². The Morgan fingerprint density at radius 3 is 2.71 bits per heavy atom. The average Bonchev–Trinajstić information content (AvgIpc) is 2.27. The Kier molecular flexibility index (Phi) is 3.01. The van der Waals surface area contributed by atoms with E-state index < -0.39 is 11.4 Å². The first kappa shape index (κ1) is 11.5. The van der Waals surface area contributed by atoms with Gasteiger partial charge in [-0.25, -0.2) is 0 Å². The molecule has 4 heteroatoms. The van der Waals surface area contributed by atoms with Crippen molar-refractivity contribution in [2.45, 2.75) is 19.3 Å². The molecule has 1 aromatic rings. The molecule has 0 spiro atoms. The quantitative estimate of drug-likeness (QED) is 0.831. The minimum absolute atomic E-state index is 0.390. The number of carboxylic acids is 1. The molecule has 2 rings (SSSR count). The van der Waals surface area contributed by atoms with Crippen molar-refractivity contribution in [1.82, 2.24) is 0 Å². The zero-order valence-electron chi connectivity index (χ0n) is 9.44. The summed E-state index contributed by atoms with van der Waals surface area (Å²) in [7, 11) is 0. The van der Waals surface area contributed by atoms with Crippen LogP contribution in [0.3, 0.4) is 0 Å². The lowest BCUT2D eigenvalue weighted by molar-refractivity contribution is -0.153. The zero-order chi connectivity index (χ0) is 12.3. The van der Waals surface area contributed by atoms with Crippen molar-refractivity contribution >= 4 is 11.7 Å². The van der Waals surface area contributed by atoms with Crippen LogP contribution in [0, 0.1) is 16.7 Å². The van der Waals surface area contributed by atoms with Crippen LogP contribution < -0.4 is 5.32 Å². The van der Waals surface area contributed by atoms with Gasteiger partial charge in [0.15, 0.2) is 0 Å². The summed E-state index contributed by atoms with van der Waals surface area (Å²) in [5.41, 5.74) is 0.623. The van der Waals surface area contributed by atoms with Crippen LogP contribution in [0.4, 0.5) is 5.69 Å². The van der Waals surface area contributed by atoms with E-state index in [1.807, 2.05) is 6.07 Å². The molecule has 1 aromatic carbocycles. The van der Waals surface area contributed by atoms with Crippen molar-refractivity contribution in [3.05, 3.63) is 29.8 Å². The molecule has 0 heterocycles. The summed E-state index contributed by atoms with van der Waals surface area (Å²) >= 11 is 0. The van der Waals surface area contributed by atoms with Gasteiger partial charge in [0.1, 0.15) is 6.07 Å². The van der Waals surface area contributed by atoms with Crippen LogP contribution in [0.2, 0.25) is 0 Å². The largest absolute Gasteiger partial charge is 0.481 e. The first-order chi connectivity index (χ1) is 8.18. The molecule has 0 saturated heterocycles. The number of para-hydroxylation sites is 1. The van der Waals surface area contributed by atoms with Crippen molar-refractivity contribution in [1.29, 1.82) is 5.26 Å². The Hall–Kier alpha value is -2.02. The number of nitriles is 1. The highest BCUT2D eigenvalue weighted by atomic mass is 16.4. The van der Waals surface area contributed by atoms with Crippen LogP contribution in [0.5, 0.6) is 0 Å². The predicted octanol–water partition coefficient (Wildman–Crippen LogP) is 2.23. The number of nitrogens with one attached hydrogen (secondary N) is 1. The number of anilines is 1. The van der Waals surface area contributed by atoms with Crippen molar-refractivity contribution in [3.63, 3.8) is 0 Å². The molecule has 0 amide bonds. The maximum Gasteiger partial charge on any atom is 0.311 e. The molecule has 1 aliphatic carbocycles. The number of hydrogen-bond donors (Lipinski definition) is 2. The summed E-state index contributed by atoms with van der Waals surface area (Å²) in [4.78, 5) is 11.2. The predicted molar refractivity (Wildman–Crippen MR) is 63.6 cm³/mol. The molecule has 1 fully saturated rings. The summed E-state index contributed by atoms with van der Waals surface area (Å²) in [6.07, 6.45) is 2.39. The molecule has 0 aromatic heterocycles. The molecule has 0 atom stereocenters. The Morgan fingerprint density at radius 1 is 1.47 bits per heavy atom. The summed E-state index contributed by atoms with van der Waals surface area (Å²) in [6.45, 7) is 0.390. The number of nitrogens with zero attached hydrogens (tertiary/aromatic N) is 1. The highest BCUT2D eigenvalue weighted by molar-refractivity contribution is 5.76. The fraction of sp³-hybridized carbons (Fsp3) is 0.385. The monoisotopic (exact) mass is 230 g/mol. The minimum atomic E-state index is -0.745. The summed E-state index contributed by atoms with van der Waals surface area (Å²) in [5.74, 6) is -0.745. The normalized spacial score (nSPS) is 16.6. The molecule has 0 bridgehead atoms. The minimum Gasteiger partial charge on any atom is -0.481 e. The smallest absolute Gasteiger partial charge is 0.311 e. The van der Waals surface area contributed by atoms with Crippen LogP contribution in [-0.4, -0.2) is 17.6 Å². The van der Waals surface area contributed by atoms with Crippen molar-refractivity contribution in [3.8, 4) is 6.07 Å². The number of hydrogen-bond acceptors (Lipinski definition) is 3. The topological polar surface area (TPSA) is 73.1 Å². The van der Waals surface area contributed by atoms with Crippen molar-refractivity contribution in [2.24, 2.45) is 5.41 Å². The lowest BCUT2D eigenvalue weighted by Gasteiger charge is -2.37. The van der Waals surface area contributed by atoms with E-state index in [0.29, 0.717) is 30.6 Å². The first-order valence-corrected chi connectivity index (χ1v) is 5.64. The van der Waals surface area contributed by atoms with Gasteiger partial charge < -0.3 is 10.4 Å². The molecule has 2 N–H and O–H groups in total. The summed E-state index contributed by atoms with van der Waals surface area (Å²) in [5, 5.41) is 21.2. The number of carbonyl (C=O) groups is 1. The Labute approximate surface area is 99.9 Å². The lowest BCUT2D eigenvalue weighted by atomic mass is 9.69. The highest BCUT2D eigenvalue weighted by Gasteiger charge is 2.44. The van der Waals surface area contributed by atoms with Gasteiger partial charge in [-0.2, -0.15) is 5.26 Å². The molecule has 0 aliphatic heterocycles. The van der Waals surface area contributed by atoms with Gasteiger partial charge in [0.05, 0.1) is 16.7 Å². The maximum absolute atomic E-state index is 11.2. The third-order valence-electron chi connectivity index (χ3n) is 3.43. The number of benzene rings is 1. The highest BCUT2D eigenvalue weighted by Crippen LogP contribution is 2.41. The van der Waals surface area contributed by atoms with Gasteiger partial charge in [-0.1, -0.05) is 18.6 Å². The van der Waals surface area contributed by atoms with E-state index in [0.717, 1.165) is 6.42 Å². The van der Waals surface area contributed by atoms with E-state index >= 15 is 0 Å². The van der Waals surface area contributed by atoms with Crippen LogP contribution in [0.1, 0.15) is 24.8 Å². The molecule has 88 valence electrons. The Morgan fingerprint density at radius 2 is 2.18 bits per heavy atom. The van der Waals surface area contributed by atoms with E-state index in [4.69, 9.17) is 5.26 Å². The van der Waals surface area contributed by atoms with Gasteiger partial charge >= 0.3 is 5.97 Å². The van der Waals surface area contributed by atoms with Gasteiger partial charge in [0, 0.05) is 6.54 Å². The fourth-order valence-electron chi connectivity index (χ4n) is 2.07. The van der Waals surface area contributed by atoms with Gasteiger partial charge in [0.25, 0.3) is 0 Å². The van der Waals surface area contributed by atoms with E-state index in [1.165, 1.54) is 0 Å².